The molecule has 0 spiro atoms. The van der Waals surface area contributed by atoms with E-state index in [9.17, 15) is 14.0 Å². The fourth-order valence-electron chi connectivity index (χ4n) is 1.92. The maximum Gasteiger partial charge on any atom is 0.242 e. The summed E-state index contributed by atoms with van der Waals surface area (Å²) in [5.74, 6) is -0.669. The lowest BCUT2D eigenvalue weighted by Gasteiger charge is -2.27. The van der Waals surface area contributed by atoms with Crippen LogP contribution < -0.4 is 10.6 Å². The zero-order valence-electron chi connectivity index (χ0n) is 10.7. The molecule has 0 aromatic heterocycles. The lowest BCUT2D eigenvalue weighted by Crippen LogP contribution is -2.51. The Hall–Kier alpha value is -2.11. The Morgan fingerprint density at radius 2 is 2.32 bits per heavy atom. The van der Waals surface area contributed by atoms with Crippen molar-refractivity contribution in [3.63, 3.8) is 0 Å². The highest BCUT2D eigenvalue weighted by atomic mass is 19.1. The lowest BCUT2D eigenvalue weighted by atomic mass is 10.2. The number of hydrogen-bond acceptors (Lipinski definition) is 3. The van der Waals surface area contributed by atoms with Crippen LogP contribution in [0.1, 0.15) is 5.56 Å². The zero-order chi connectivity index (χ0) is 13.8. The number of anilines is 1. The van der Waals surface area contributed by atoms with Crippen LogP contribution in [0.2, 0.25) is 0 Å². The summed E-state index contributed by atoms with van der Waals surface area (Å²) in [5.41, 5.74) is 1.46. The third-order valence-electron chi connectivity index (χ3n) is 3.02. The molecule has 2 N–H and O–H groups in total. The second-order valence-electron chi connectivity index (χ2n) is 4.48. The number of nitrogens with one attached hydrogen (secondary N) is 2. The molecule has 102 valence electrons. The second-order valence-corrected chi connectivity index (χ2v) is 4.48. The number of carbonyl (C=O) groups is 2. The van der Waals surface area contributed by atoms with Gasteiger partial charge in [-0.2, -0.15) is 0 Å². The van der Waals surface area contributed by atoms with Gasteiger partial charge in [-0.3, -0.25) is 9.59 Å². The Morgan fingerprint density at radius 3 is 3.05 bits per heavy atom. The van der Waals surface area contributed by atoms with Crippen molar-refractivity contribution < 1.29 is 14.0 Å². The van der Waals surface area contributed by atoms with Crippen LogP contribution in [0.3, 0.4) is 0 Å². The number of amides is 2. The molecular formula is C13H16FN3O2. The van der Waals surface area contributed by atoms with Crippen LogP contribution in [-0.4, -0.2) is 42.9 Å². The number of nitrogens with zero attached hydrogens (tertiary/aromatic N) is 1. The van der Waals surface area contributed by atoms with Gasteiger partial charge in [-0.15, -0.1) is 0 Å². The number of halogens is 1. The summed E-state index contributed by atoms with van der Waals surface area (Å²) in [5, 5.41) is 5.56. The monoisotopic (exact) mass is 265 g/mol. The summed E-state index contributed by atoms with van der Waals surface area (Å²) in [4.78, 5) is 24.6. The number of carbonyl (C=O) groups excluding carboxylic acids is 2. The van der Waals surface area contributed by atoms with Crippen molar-refractivity contribution in [2.75, 3.05) is 31.5 Å². The highest BCUT2D eigenvalue weighted by Crippen LogP contribution is 2.15. The van der Waals surface area contributed by atoms with Gasteiger partial charge in [-0.25, -0.2) is 4.39 Å². The molecule has 0 saturated carbocycles. The quantitative estimate of drug-likeness (QED) is 0.837. The number of aryl methyl sites for hydroxylation is 1. The lowest BCUT2D eigenvalue weighted by molar-refractivity contribution is -0.136. The van der Waals surface area contributed by atoms with Crippen LogP contribution in [0.5, 0.6) is 0 Å². The summed E-state index contributed by atoms with van der Waals surface area (Å²) in [6.45, 7) is 2.96. The van der Waals surface area contributed by atoms with Crippen molar-refractivity contribution in [3.05, 3.63) is 29.6 Å². The van der Waals surface area contributed by atoms with Gasteiger partial charge in [-0.1, -0.05) is 6.07 Å². The van der Waals surface area contributed by atoms with Crippen molar-refractivity contribution in [3.8, 4) is 0 Å². The van der Waals surface area contributed by atoms with Gasteiger partial charge in [0.05, 0.1) is 13.1 Å². The van der Waals surface area contributed by atoms with E-state index in [0.29, 0.717) is 18.8 Å². The molecule has 1 aromatic rings. The zero-order valence-corrected chi connectivity index (χ0v) is 10.7. The molecule has 0 radical (unpaired) electrons. The molecule has 0 atom stereocenters. The highest BCUT2D eigenvalue weighted by Gasteiger charge is 2.20. The van der Waals surface area contributed by atoms with Crippen LogP contribution in [-0.2, 0) is 9.59 Å². The molecule has 2 amide bonds. The van der Waals surface area contributed by atoms with Crippen LogP contribution in [0.15, 0.2) is 18.2 Å². The van der Waals surface area contributed by atoms with E-state index in [-0.39, 0.29) is 30.7 Å². The Morgan fingerprint density at radius 1 is 1.53 bits per heavy atom. The topological polar surface area (TPSA) is 61.4 Å². The van der Waals surface area contributed by atoms with E-state index >= 15 is 0 Å². The summed E-state index contributed by atoms with van der Waals surface area (Å²) in [6.07, 6.45) is 0. The second kappa shape index (κ2) is 5.69. The molecule has 1 aliphatic rings. The van der Waals surface area contributed by atoms with Crippen LogP contribution in [0, 0.1) is 12.7 Å². The van der Waals surface area contributed by atoms with Crippen molar-refractivity contribution in [1.29, 1.82) is 0 Å². The molecule has 6 heteroatoms. The fourth-order valence-corrected chi connectivity index (χ4v) is 1.92. The van der Waals surface area contributed by atoms with E-state index in [2.05, 4.69) is 10.6 Å². The van der Waals surface area contributed by atoms with Gasteiger partial charge in [0.2, 0.25) is 11.8 Å². The molecule has 1 aromatic carbocycles. The minimum absolute atomic E-state index is 0.0531. The number of hydrogen-bond donors (Lipinski definition) is 2. The molecule has 2 rings (SSSR count). The van der Waals surface area contributed by atoms with E-state index < -0.39 is 0 Å². The maximum atomic E-state index is 13.1. The van der Waals surface area contributed by atoms with Gasteiger partial charge in [0.15, 0.2) is 0 Å². The molecule has 1 aliphatic heterocycles. The predicted molar refractivity (Wildman–Crippen MR) is 69.2 cm³/mol. The average molecular weight is 265 g/mol. The average Bonchev–Trinajstić information content (AvgIpc) is 2.39. The molecule has 1 heterocycles. The van der Waals surface area contributed by atoms with E-state index in [0.717, 1.165) is 5.56 Å². The Kier molecular flexibility index (Phi) is 3.99. The van der Waals surface area contributed by atoms with E-state index in [1.165, 1.54) is 17.0 Å². The van der Waals surface area contributed by atoms with Gasteiger partial charge in [-0.05, 0) is 24.6 Å². The Labute approximate surface area is 110 Å². The van der Waals surface area contributed by atoms with Crippen molar-refractivity contribution in [2.45, 2.75) is 6.92 Å². The molecule has 0 aliphatic carbocycles. The molecule has 19 heavy (non-hydrogen) atoms. The SMILES string of the molecule is Cc1ccc(F)cc1NCC(=O)N1CCNC(=O)C1. The van der Waals surface area contributed by atoms with Crippen molar-refractivity contribution in [1.82, 2.24) is 10.2 Å². The van der Waals surface area contributed by atoms with Crippen molar-refractivity contribution >= 4 is 17.5 Å². The van der Waals surface area contributed by atoms with Crippen molar-refractivity contribution in [2.24, 2.45) is 0 Å². The third kappa shape index (κ3) is 3.43. The standard InChI is InChI=1S/C13H16FN3O2/c1-9-2-3-10(14)6-11(9)16-7-13(19)17-5-4-15-12(18)8-17/h2-3,6,16H,4-5,7-8H2,1H3,(H,15,18). The largest absolute Gasteiger partial charge is 0.376 e. The van der Waals surface area contributed by atoms with E-state index in [4.69, 9.17) is 0 Å². The summed E-state index contributed by atoms with van der Waals surface area (Å²) in [7, 11) is 0. The van der Waals surface area contributed by atoms with Gasteiger partial charge < -0.3 is 15.5 Å². The third-order valence-corrected chi connectivity index (χ3v) is 3.02. The van der Waals surface area contributed by atoms with E-state index in [1.807, 2.05) is 6.92 Å². The minimum Gasteiger partial charge on any atom is -0.376 e. The highest BCUT2D eigenvalue weighted by molar-refractivity contribution is 5.87. The summed E-state index contributed by atoms with van der Waals surface area (Å²) >= 11 is 0. The maximum absolute atomic E-state index is 13.1. The van der Waals surface area contributed by atoms with Crippen LogP contribution >= 0.6 is 0 Å². The summed E-state index contributed by atoms with van der Waals surface area (Å²) < 4.78 is 13.1. The molecule has 0 unspecified atom stereocenters. The smallest absolute Gasteiger partial charge is 0.242 e. The molecule has 0 bridgehead atoms. The predicted octanol–water partition coefficient (Wildman–Crippen LogP) is 0.504. The Bertz CT molecular complexity index is 505. The Balaban J connectivity index is 1.92. The first-order valence-corrected chi connectivity index (χ1v) is 6.11. The first kappa shape index (κ1) is 13.3. The van der Waals surface area contributed by atoms with Gasteiger partial charge in [0.1, 0.15) is 5.82 Å². The van der Waals surface area contributed by atoms with Gasteiger partial charge in [0.25, 0.3) is 0 Å². The molecule has 5 nitrogen and oxygen atoms in total. The van der Waals surface area contributed by atoms with Crippen LogP contribution in [0.25, 0.3) is 0 Å². The minimum atomic E-state index is -0.349. The first-order chi connectivity index (χ1) is 9.06. The normalized spacial score (nSPS) is 15.1. The molecular weight excluding hydrogens is 249 g/mol. The van der Waals surface area contributed by atoms with Gasteiger partial charge >= 0.3 is 0 Å². The number of benzene rings is 1. The van der Waals surface area contributed by atoms with E-state index in [1.54, 1.807) is 6.07 Å². The van der Waals surface area contributed by atoms with Gasteiger partial charge in [0, 0.05) is 18.8 Å². The van der Waals surface area contributed by atoms with Crippen LogP contribution in [0.4, 0.5) is 10.1 Å². The number of piperazine rings is 1. The summed E-state index contributed by atoms with van der Waals surface area (Å²) in [6, 6.07) is 4.37. The molecule has 1 saturated heterocycles. The number of rotatable bonds is 3. The first-order valence-electron chi connectivity index (χ1n) is 6.11. The molecule has 1 fully saturated rings. The fraction of sp³-hybridized carbons (Fsp3) is 0.385.